The highest BCUT2D eigenvalue weighted by Gasteiger charge is 2.19. The van der Waals surface area contributed by atoms with E-state index in [-0.39, 0.29) is 5.22 Å². The predicted octanol–water partition coefficient (Wildman–Crippen LogP) is 4.43. The molecule has 1 heterocycles. The third kappa shape index (κ3) is 3.64. The number of nitrogens with two attached hydrogens (primary N) is 1. The highest BCUT2D eigenvalue weighted by atomic mass is 35.5. The van der Waals surface area contributed by atoms with Crippen LogP contribution >= 0.6 is 23.2 Å². The van der Waals surface area contributed by atoms with Gasteiger partial charge < -0.3 is 19.6 Å². The number of hydrogen-bond donors (Lipinski definition) is 1. The highest BCUT2D eigenvalue weighted by molar-refractivity contribution is 6.31. The third-order valence-electron chi connectivity index (χ3n) is 2.90. The van der Waals surface area contributed by atoms with Gasteiger partial charge in [-0.3, -0.25) is 0 Å². The van der Waals surface area contributed by atoms with E-state index in [4.69, 9.17) is 42.8 Å². The average molecular weight is 330 g/mol. The Bertz CT molecular complexity index is 613. The summed E-state index contributed by atoms with van der Waals surface area (Å²) in [6.45, 7) is 4.84. The number of hydrogen-bond acceptors (Lipinski definition) is 4. The van der Waals surface area contributed by atoms with Gasteiger partial charge in [-0.05, 0) is 49.2 Å². The van der Waals surface area contributed by atoms with Crippen LogP contribution in [0.3, 0.4) is 0 Å². The number of halogens is 2. The van der Waals surface area contributed by atoms with Gasteiger partial charge in [0.05, 0.1) is 19.3 Å². The molecule has 0 saturated carbocycles. The Kier molecular flexibility index (Phi) is 5.39. The summed E-state index contributed by atoms with van der Waals surface area (Å²) in [7, 11) is 0. The first kappa shape index (κ1) is 16.0. The molecule has 2 rings (SSSR count). The lowest BCUT2D eigenvalue weighted by molar-refractivity contribution is 0.287. The maximum Gasteiger partial charge on any atom is 0.193 e. The van der Waals surface area contributed by atoms with Crippen molar-refractivity contribution in [3.8, 4) is 11.5 Å². The third-order valence-corrected chi connectivity index (χ3v) is 3.43. The van der Waals surface area contributed by atoms with Gasteiger partial charge in [0.1, 0.15) is 5.76 Å². The fourth-order valence-corrected chi connectivity index (χ4v) is 2.40. The lowest BCUT2D eigenvalue weighted by Gasteiger charge is -2.16. The topological polar surface area (TPSA) is 57.6 Å². The Morgan fingerprint density at radius 3 is 2.24 bits per heavy atom. The van der Waals surface area contributed by atoms with Gasteiger partial charge in [0.2, 0.25) is 0 Å². The second kappa shape index (κ2) is 7.07. The second-order valence-corrected chi connectivity index (χ2v) is 5.09. The Morgan fingerprint density at radius 1 is 1.10 bits per heavy atom. The molecule has 6 heteroatoms. The van der Waals surface area contributed by atoms with Crippen molar-refractivity contribution in [1.82, 2.24) is 0 Å². The first-order valence-electron chi connectivity index (χ1n) is 6.66. The monoisotopic (exact) mass is 329 g/mol. The van der Waals surface area contributed by atoms with Gasteiger partial charge in [-0.1, -0.05) is 11.6 Å². The minimum absolute atomic E-state index is 0.285. The highest BCUT2D eigenvalue weighted by Crippen LogP contribution is 2.38. The van der Waals surface area contributed by atoms with Crippen LogP contribution < -0.4 is 15.2 Å². The first-order chi connectivity index (χ1) is 10.1. The van der Waals surface area contributed by atoms with E-state index in [9.17, 15) is 0 Å². The number of furan rings is 1. The zero-order chi connectivity index (χ0) is 15.4. The summed E-state index contributed by atoms with van der Waals surface area (Å²) < 4.78 is 16.4. The smallest absolute Gasteiger partial charge is 0.193 e. The van der Waals surface area contributed by atoms with Crippen LogP contribution in [0.25, 0.3) is 0 Å². The molecule has 0 amide bonds. The summed E-state index contributed by atoms with van der Waals surface area (Å²) in [4.78, 5) is 0. The molecule has 1 atom stereocenters. The molecule has 0 aliphatic carbocycles. The molecule has 21 heavy (non-hydrogen) atoms. The number of benzene rings is 1. The summed E-state index contributed by atoms with van der Waals surface area (Å²) in [6.07, 6.45) is 0. The van der Waals surface area contributed by atoms with Gasteiger partial charge in [-0.25, -0.2) is 0 Å². The van der Waals surface area contributed by atoms with Gasteiger partial charge in [-0.2, -0.15) is 0 Å². The minimum atomic E-state index is -0.528. The first-order valence-corrected chi connectivity index (χ1v) is 7.42. The van der Waals surface area contributed by atoms with Crippen LogP contribution in [0.2, 0.25) is 10.2 Å². The molecule has 0 spiro atoms. The Hall–Kier alpha value is -1.36. The normalized spacial score (nSPS) is 12.2. The summed E-state index contributed by atoms with van der Waals surface area (Å²) in [6, 6.07) is 6.32. The van der Waals surface area contributed by atoms with Crippen LogP contribution in [0, 0.1) is 0 Å². The maximum atomic E-state index is 6.30. The molecule has 1 aromatic heterocycles. The van der Waals surface area contributed by atoms with Gasteiger partial charge >= 0.3 is 0 Å². The largest absolute Gasteiger partial charge is 0.490 e. The lowest BCUT2D eigenvalue weighted by atomic mass is 10.0. The molecule has 0 aliphatic heterocycles. The van der Waals surface area contributed by atoms with Crippen molar-refractivity contribution in [2.45, 2.75) is 19.9 Å². The molecule has 0 fully saturated rings. The summed E-state index contributed by atoms with van der Waals surface area (Å²) in [5.41, 5.74) is 6.88. The molecule has 0 bridgehead atoms. The van der Waals surface area contributed by atoms with E-state index in [1.54, 1.807) is 24.3 Å². The average Bonchev–Trinajstić information content (AvgIpc) is 2.88. The van der Waals surface area contributed by atoms with E-state index in [0.717, 1.165) is 0 Å². The van der Waals surface area contributed by atoms with Crippen LogP contribution in [0.4, 0.5) is 0 Å². The van der Waals surface area contributed by atoms with E-state index in [1.165, 1.54) is 0 Å². The van der Waals surface area contributed by atoms with Crippen LogP contribution in [0.5, 0.6) is 11.5 Å². The second-order valence-electron chi connectivity index (χ2n) is 4.31. The van der Waals surface area contributed by atoms with Crippen molar-refractivity contribution in [3.63, 3.8) is 0 Å². The Labute approximate surface area is 133 Å². The van der Waals surface area contributed by atoms with Crippen LogP contribution in [0.15, 0.2) is 28.7 Å². The van der Waals surface area contributed by atoms with Gasteiger partial charge in [-0.15, -0.1) is 0 Å². The molecule has 0 saturated heterocycles. The molecule has 2 N–H and O–H groups in total. The Morgan fingerprint density at radius 2 is 1.71 bits per heavy atom. The summed E-state index contributed by atoms with van der Waals surface area (Å²) in [5.74, 6) is 1.73. The Balaban J connectivity index is 2.40. The number of rotatable bonds is 6. The van der Waals surface area contributed by atoms with Crippen LogP contribution in [-0.4, -0.2) is 13.2 Å². The van der Waals surface area contributed by atoms with Crippen molar-refractivity contribution in [2.24, 2.45) is 5.73 Å². The van der Waals surface area contributed by atoms with E-state index >= 15 is 0 Å². The molecular weight excluding hydrogens is 313 g/mol. The van der Waals surface area contributed by atoms with Crippen molar-refractivity contribution in [3.05, 3.63) is 45.8 Å². The SMILES string of the molecule is CCOc1cc(Cl)c(C(N)c2ccc(Cl)o2)cc1OCC. The number of ether oxygens (including phenoxy) is 2. The molecule has 4 nitrogen and oxygen atoms in total. The fourth-order valence-electron chi connectivity index (χ4n) is 1.97. The van der Waals surface area contributed by atoms with Gasteiger partial charge in [0, 0.05) is 11.1 Å². The van der Waals surface area contributed by atoms with E-state index in [2.05, 4.69) is 0 Å². The van der Waals surface area contributed by atoms with Crippen molar-refractivity contribution >= 4 is 23.2 Å². The molecule has 0 aliphatic rings. The predicted molar refractivity (Wildman–Crippen MR) is 83.5 cm³/mol. The molecule has 114 valence electrons. The van der Waals surface area contributed by atoms with Gasteiger partial charge in [0.25, 0.3) is 0 Å². The van der Waals surface area contributed by atoms with Crippen molar-refractivity contribution in [2.75, 3.05) is 13.2 Å². The lowest BCUT2D eigenvalue weighted by Crippen LogP contribution is -2.12. The van der Waals surface area contributed by atoms with Crippen molar-refractivity contribution < 1.29 is 13.9 Å². The maximum absolute atomic E-state index is 6.30. The quantitative estimate of drug-likeness (QED) is 0.851. The van der Waals surface area contributed by atoms with E-state index < -0.39 is 6.04 Å². The molecule has 0 radical (unpaired) electrons. The van der Waals surface area contributed by atoms with E-state index in [0.29, 0.717) is 41.1 Å². The van der Waals surface area contributed by atoms with Crippen LogP contribution in [-0.2, 0) is 0 Å². The molecule has 1 aromatic carbocycles. The standard InChI is InChI=1S/C15H17Cl2NO3/c1-3-19-12-7-9(10(16)8-13(12)20-4-2)15(18)11-5-6-14(17)21-11/h5-8,15H,3-4,18H2,1-2H3. The zero-order valence-corrected chi connectivity index (χ0v) is 13.4. The molecular formula is C15H17Cl2NO3. The molecule has 1 unspecified atom stereocenters. The van der Waals surface area contributed by atoms with Crippen molar-refractivity contribution in [1.29, 1.82) is 0 Å². The summed E-state index contributed by atoms with van der Waals surface area (Å²) in [5, 5.41) is 0.773. The summed E-state index contributed by atoms with van der Waals surface area (Å²) >= 11 is 12.1. The molecule has 2 aromatic rings. The fraction of sp³-hybridized carbons (Fsp3) is 0.333. The minimum Gasteiger partial charge on any atom is -0.490 e. The van der Waals surface area contributed by atoms with Crippen LogP contribution in [0.1, 0.15) is 31.2 Å². The van der Waals surface area contributed by atoms with Gasteiger partial charge in [0.15, 0.2) is 16.7 Å². The van der Waals surface area contributed by atoms with E-state index in [1.807, 2.05) is 13.8 Å². The zero-order valence-electron chi connectivity index (χ0n) is 11.9.